The summed E-state index contributed by atoms with van der Waals surface area (Å²) < 4.78 is 15.0. The Morgan fingerprint density at radius 1 is 0.915 bits per heavy atom. The number of fused-ring (bicyclic) bond motifs is 3. The van der Waals surface area contributed by atoms with Crippen LogP contribution in [0, 0.1) is 11.8 Å². The lowest BCUT2D eigenvalue weighted by molar-refractivity contribution is -0.137. The molecule has 1 aromatic heterocycles. The molecule has 29 nitrogen and oxygen atoms in total. The number of carbonyl (C=O) groups excluding carboxylic acids is 11. The van der Waals surface area contributed by atoms with Crippen molar-refractivity contribution in [3.05, 3.63) is 35.4 Å². The predicted octanol–water partition coefficient (Wildman–Crippen LogP) is -5.36. The summed E-state index contributed by atoms with van der Waals surface area (Å²) in [6, 6.07) is -4.90. The Bertz CT molecular complexity index is 2640. The van der Waals surface area contributed by atoms with Gasteiger partial charge in [-0.15, -0.1) is 0 Å². The summed E-state index contributed by atoms with van der Waals surface area (Å²) in [5, 5.41) is 73.2. The van der Waals surface area contributed by atoms with Gasteiger partial charge in [0.05, 0.1) is 62.9 Å². The number of β-amino-alcohol motifs (C(OH)–C–C–N with tert-alkyl or cyclic N) is 1. The molecule has 18 N–H and O–H groups in total. The zero-order chi connectivity index (χ0) is 60.8. The molecule has 0 saturated heterocycles. The van der Waals surface area contributed by atoms with Gasteiger partial charge in [-0.2, -0.15) is 11.8 Å². The number of thioether (sulfide) groups is 1. The molecular weight excluding hydrogens is 1120 g/mol. The van der Waals surface area contributed by atoms with Gasteiger partial charge in [-0.25, -0.2) is 0 Å². The average molecular weight is 1190 g/mol. The van der Waals surface area contributed by atoms with Crippen LogP contribution < -0.4 is 54.0 Å². The van der Waals surface area contributed by atoms with E-state index in [0.717, 1.165) is 4.90 Å². The zero-order valence-corrected chi connectivity index (χ0v) is 47.4. The quantitative estimate of drug-likeness (QED) is 0.0251. The fraction of sp³-hybridized carbons (Fsp3) is 0.588. The van der Waals surface area contributed by atoms with E-state index in [9.17, 15) is 78.3 Å². The molecule has 10 atom stereocenters. The summed E-state index contributed by atoms with van der Waals surface area (Å²) >= 11 is -1.16. The Morgan fingerprint density at radius 2 is 1.62 bits per heavy atom. The van der Waals surface area contributed by atoms with Crippen molar-refractivity contribution in [2.75, 3.05) is 57.4 Å². The van der Waals surface area contributed by atoms with Crippen LogP contribution >= 0.6 is 11.8 Å². The average Bonchev–Trinajstić information content (AvgIpc) is 4.17. The lowest BCUT2D eigenvalue weighted by atomic mass is 9.94. The van der Waals surface area contributed by atoms with Gasteiger partial charge in [-0.05, 0) is 30.9 Å². The highest BCUT2D eigenvalue weighted by molar-refractivity contribution is 7.98. The number of phenolic OH excluding ortho intramolecular Hbond substituents is 1. The number of primary amides is 1. The van der Waals surface area contributed by atoms with E-state index in [1.165, 1.54) is 43.0 Å². The first-order chi connectivity index (χ1) is 38.9. The van der Waals surface area contributed by atoms with Crippen LogP contribution in [0.15, 0.2) is 29.3 Å². The van der Waals surface area contributed by atoms with Gasteiger partial charge >= 0.3 is 0 Å². The highest BCUT2D eigenvalue weighted by Gasteiger charge is 2.38. The summed E-state index contributed by atoms with van der Waals surface area (Å²) in [5.74, 6) is -11.1. The number of aromatic nitrogens is 1. The number of imide groups is 1. The van der Waals surface area contributed by atoms with E-state index in [2.05, 4.69) is 47.5 Å². The maximum atomic E-state index is 15.0. The first-order valence-corrected chi connectivity index (χ1v) is 29.1. The van der Waals surface area contributed by atoms with Crippen LogP contribution in [0.1, 0.15) is 76.8 Å². The van der Waals surface area contributed by atoms with Crippen LogP contribution in [0.2, 0.25) is 0 Å². The number of aromatic hydroxyl groups is 1. The third-order valence-corrected chi connectivity index (χ3v) is 16.1. The number of carbonyl (C=O) groups is 11. The second kappa shape index (κ2) is 33.3. The highest BCUT2D eigenvalue weighted by Crippen LogP contribution is 2.36. The topological polar surface area (TPSA) is 479 Å². The van der Waals surface area contributed by atoms with Crippen molar-refractivity contribution in [2.24, 2.45) is 23.3 Å². The molecular formula is C51H76N12O17S2. The Labute approximate surface area is 479 Å². The number of unbranched alkanes of at least 4 members (excludes halogenated alkanes) is 2. The number of hydrogen-bond donors (Lipinski definition) is 16. The number of aliphatic hydroxyl groups excluding tert-OH is 4. The number of aliphatic hydroxyl groups is 4. The van der Waals surface area contributed by atoms with Gasteiger partial charge in [0.25, 0.3) is 11.8 Å². The van der Waals surface area contributed by atoms with Gasteiger partial charge in [-0.1, -0.05) is 33.6 Å². The van der Waals surface area contributed by atoms with E-state index < -0.39 is 164 Å². The highest BCUT2D eigenvalue weighted by atomic mass is 32.2. The summed E-state index contributed by atoms with van der Waals surface area (Å²) in [5.41, 5.74) is 11.5. The number of nitrogens with zero attached hydrogens (tertiary/aromatic N) is 1. The molecule has 0 aliphatic carbocycles. The van der Waals surface area contributed by atoms with Crippen LogP contribution in [0.25, 0.3) is 10.9 Å². The maximum Gasteiger partial charge on any atom is 0.253 e. The van der Waals surface area contributed by atoms with E-state index in [1.807, 2.05) is 0 Å². The third kappa shape index (κ3) is 20.2. The molecule has 2 aliphatic heterocycles. The molecule has 0 radical (unpaired) electrons. The molecule has 2 aliphatic rings. The van der Waals surface area contributed by atoms with E-state index in [-0.39, 0.29) is 76.8 Å². The van der Waals surface area contributed by atoms with Crippen molar-refractivity contribution in [3.8, 4) is 5.75 Å². The summed E-state index contributed by atoms with van der Waals surface area (Å²) in [4.78, 5) is 147. The minimum atomic E-state index is -2.45. The number of nitrogens with one attached hydrogen (secondary N) is 9. The number of amides is 11. The Kier molecular flexibility index (Phi) is 27.5. The van der Waals surface area contributed by atoms with Gasteiger partial charge in [0.15, 0.2) is 6.04 Å². The first-order valence-electron chi connectivity index (χ1n) is 26.6. The number of aromatic amines is 1. The molecule has 0 fully saturated rings. The summed E-state index contributed by atoms with van der Waals surface area (Å²) in [7, 11) is 0. The molecule has 82 heavy (non-hydrogen) atoms. The van der Waals surface area contributed by atoms with Crippen molar-refractivity contribution in [2.45, 2.75) is 125 Å². The molecule has 31 heteroatoms. The second-order valence-electron chi connectivity index (χ2n) is 19.9. The van der Waals surface area contributed by atoms with Crippen molar-refractivity contribution in [1.29, 1.82) is 0 Å². The SMILES string of the molecule is CC[C@H](C)[C@H](NC(=O)CN)C(=O)NCC(=O)N[C@H]1C[S+]([O-])c2[nH]c3c(CSCCNC(=O)CCCCCN4C(=O)C=CC4=O)c(O)ccc3c2C[C@@H](CO)NC(=O)[C@H]([C@@H](C)[C@@H](O)CO)NC(=O)C[C@@H](O)CNC(=O)[C@H](CC(N)=O)NC1=O. The normalized spacial score (nSPS) is 21.9. The number of benzene rings is 1. The van der Waals surface area contributed by atoms with E-state index in [0.29, 0.717) is 36.8 Å². The number of rotatable bonds is 25. The van der Waals surface area contributed by atoms with Crippen LogP contribution in [0.4, 0.5) is 0 Å². The van der Waals surface area contributed by atoms with Crippen LogP contribution in [0.5, 0.6) is 5.75 Å². The fourth-order valence-electron chi connectivity index (χ4n) is 8.73. The van der Waals surface area contributed by atoms with Crippen molar-refractivity contribution < 1.29 is 82.8 Å². The monoisotopic (exact) mass is 1190 g/mol. The minimum absolute atomic E-state index is 0.0824. The Morgan fingerprint density at radius 3 is 2.27 bits per heavy atom. The Balaban J connectivity index is 1.72. The minimum Gasteiger partial charge on any atom is -0.610 e. The third-order valence-electron chi connectivity index (χ3n) is 13.7. The number of hydrogen-bond acceptors (Lipinski definition) is 19. The van der Waals surface area contributed by atoms with Gasteiger partial charge in [0, 0.05) is 89.7 Å². The first kappa shape index (κ1) is 67.6. The molecule has 454 valence electrons. The van der Waals surface area contributed by atoms with Crippen LogP contribution in [0.3, 0.4) is 0 Å². The summed E-state index contributed by atoms with van der Waals surface area (Å²) in [6.45, 7) is 1.67. The van der Waals surface area contributed by atoms with E-state index in [4.69, 9.17) is 11.5 Å². The molecule has 2 aromatic rings. The lowest BCUT2D eigenvalue weighted by Crippen LogP contribution is -2.58. The molecule has 4 rings (SSSR count). The molecule has 1 aromatic carbocycles. The molecule has 0 saturated carbocycles. The second-order valence-corrected chi connectivity index (χ2v) is 22.4. The molecule has 11 amide bonds. The number of H-pyrrole nitrogens is 1. The van der Waals surface area contributed by atoms with E-state index in [1.54, 1.807) is 13.8 Å². The van der Waals surface area contributed by atoms with Gasteiger partial charge < -0.3 is 89.1 Å². The van der Waals surface area contributed by atoms with Crippen LogP contribution in [-0.2, 0) is 76.1 Å². The smallest absolute Gasteiger partial charge is 0.253 e. The number of nitrogens with two attached hydrogens (primary N) is 2. The lowest BCUT2D eigenvalue weighted by Gasteiger charge is -2.29. The zero-order valence-electron chi connectivity index (χ0n) is 45.8. The van der Waals surface area contributed by atoms with Crippen molar-refractivity contribution in [1.82, 2.24) is 52.4 Å². The summed E-state index contributed by atoms with van der Waals surface area (Å²) in [6.07, 6.45) is -0.559. The molecule has 0 bridgehead atoms. The van der Waals surface area contributed by atoms with Gasteiger partial charge in [0.1, 0.15) is 29.6 Å². The molecule has 0 spiro atoms. The Hall–Kier alpha value is -6.87. The van der Waals surface area contributed by atoms with Gasteiger partial charge in [0.2, 0.25) is 58.2 Å². The maximum absolute atomic E-state index is 15.0. The molecule has 3 heterocycles. The van der Waals surface area contributed by atoms with E-state index >= 15 is 4.55 Å². The van der Waals surface area contributed by atoms with Crippen molar-refractivity contribution in [3.63, 3.8) is 0 Å². The number of phenols is 1. The molecule has 1 unspecified atom stereocenters. The van der Waals surface area contributed by atoms with Crippen LogP contribution in [-0.4, -0.2) is 205 Å². The van der Waals surface area contributed by atoms with Gasteiger partial charge in [-0.3, -0.25) is 57.6 Å². The fourth-order valence-corrected chi connectivity index (χ4v) is 11.0. The van der Waals surface area contributed by atoms with Crippen molar-refractivity contribution >= 4 is 98.8 Å². The standard InChI is InChI=1S/C51H76N12O17S2/c1-4-26(2)44(61-40(72)19-52)49(78)56-21-41(73)58-34-25-82(80)51-31(30-9-10-35(67)32(46(30)62-51)24-81-15-13-54-38(70)8-6-5-7-14-63-42(74)11-12-43(63)75)16-28(22-64)57-50(79)45(27(3)36(68)23-65)60-39(71)17-29(66)20-55-47(76)33(18-37(53)69)59-48(34)77/h9-12,26-29,33-34,36,44-45,62,64-68H,4-8,13-25,52H2,1-3H3,(H2,53,69)(H,54,70)(H,55,76)(H,56,78)(H,57,79)(H,58,73)(H,59,77)(H,60,71)(H,61,72)/t26-,27-,28-,29+,33-,34-,36-,44-,45-,82?/m0/s1. The predicted molar refractivity (Wildman–Crippen MR) is 296 cm³/mol. The largest absolute Gasteiger partial charge is 0.610 e.